The van der Waals surface area contributed by atoms with E-state index in [0.29, 0.717) is 13.0 Å². The molecule has 0 bridgehead atoms. The molecule has 0 radical (unpaired) electrons. The van der Waals surface area contributed by atoms with E-state index in [0.717, 1.165) is 26.7 Å². The summed E-state index contributed by atoms with van der Waals surface area (Å²) in [5.41, 5.74) is -0.394. The minimum Gasteiger partial charge on any atom is -0.460 e. The molecule has 0 aromatic rings. The molecule has 0 unspecified atom stereocenters. The quantitative estimate of drug-likeness (QED) is 0.563. The predicted molar refractivity (Wildman–Crippen MR) is 75.1 cm³/mol. The number of carbonyl (C=O) groups excluding carboxylic acids is 1. The maximum atomic E-state index is 11.3. The highest BCUT2D eigenvalue weighted by atomic mass is 16.6. The second-order valence-corrected chi connectivity index (χ2v) is 5.50. The Morgan fingerprint density at radius 1 is 1.21 bits per heavy atom. The van der Waals surface area contributed by atoms with Crippen LogP contribution in [-0.4, -0.2) is 61.5 Å². The molecule has 1 heterocycles. The zero-order valence-electron chi connectivity index (χ0n) is 12.8. The van der Waals surface area contributed by atoms with Gasteiger partial charge in [0.25, 0.3) is 0 Å². The van der Waals surface area contributed by atoms with Crippen LogP contribution in [0.15, 0.2) is 0 Å². The van der Waals surface area contributed by atoms with Crippen molar-refractivity contribution in [2.75, 3.05) is 40.0 Å². The summed E-state index contributed by atoms with van der Waals surface area (Å²) in [7, 11) is 1.00. The highest BCUT2D eigenvalue weighted by molar-refractivity contribution is 5.69. The van der Waals surface area contributed by atoms with Crippen molar-refractivity contribution in [3.63, 3.8) is 0 Å². The fourth-order valence-electron chi connectivity index (χ4n) is 1.65. The van der Waals surface area contributed by atoms with Crippen LogP contribution < -0.4 is 0 Å². The first kappa shape index (κ1) is 18.4. The van der Waals surface area contributed by atoms with Crippen LogP contribution in [0.2, 0.25) is 0 Å². The van der Waals surface area contributed by atoms with E-state index >= 15 is 0 Å². The highest BCUT2D eigenvalue weighted by Gasteiger charge is 2.16. The third kappa shape index (κ3) is 10.9. The SMILES string of the molecule is CC(C)(C)OC(=O)CCOCCCN1CCC1.CO. The number of rotatable bonds is 7. The summed E-state index contributed by atoms with van der Waals surface area (Å²) in [5, 5.41) is 7.00. The Morgan fingerprint density at radius 2 is 1.84 bits per heavy atom. The van der Waals surface area contributed by atoms with Gasteiger partial charge in [-0.15, -0.1) is 0 Å². The van der Waals surface area contributed by atoms with Crippen molar-refractivity contribution < 1.29 is 19.4 Å². The summed E-state index contributed by atoms with van der Waals surface area (Å²) >= 11 is 0. The largest absolute Gasteiger partial charge is 0.460 e. The van der Waals surface area contributed by atoms with E-state index in [-0.39, 0.29) is 5.97 Å². The van der Waals surface area contributed by atoms with Gasteiger partial charge in [0.05, 0.1) is 13.0 Å². The zero-order valence-corrected chi connectivity index (χ0v) is 12.8. The summed E-state index contributed by atoms with van der Waals surface area (Å²) in [6.07, 6.45) is 2.73. The molecule has 0 aliphatic carbocycles. The smallest absolute Gasteiger partial charge is 0.308 e. The van der Waals surface area contributed by atoms with E-state index in [2.05, 4.69) is 4.90 Å². The van der Waals surface area contributed by atoms with Crippen LogP contribution in [0.25, 0.3) is 0 Å². The van der Waals surface area contributed by atoms with Crippen molar-refractivity contribution in [1.29, 1.82) is 0 Å². The second-order valence-electron chi connectivity index (χ2n) is 5.50. The Bertz CT molecular complexity index is 234. The Labute approximate surface area is 116 Å². The molecule has 5 nitrogen and oxygen atoms in total. The van der Waals surface area contributed by atoms with E-state index in [1.807, 2.05) is 20.8 Å². The molecule has 1 fully saturated rings. The van der Waals surface area contributed by atoms with E-state index in [1.54, 1.807) is 0 Å². The lowest BCUT2D eigenvalue weighted by Crippen LogP contribution is -2.38. The van der Waals surface area contributed by atoms with Gasteiger partial charge in [0, 0.05) is 20.3 Å². The van der Waals surface area contributed by atoms with Crippen LogP contribution in [-0.2, 0) is 14.3 Å². The van der Waals surface area contributed by atoms with Crippen LogP contribution in [0.1, 0.15) is 40.0 Å². The molecule has 0 aromatic carbocycles. The van der Waals surface area contributed by atoms with Gasteiger partial charge in [-0.25, -0.2) is 0 Å². The van der Waals surface area contributed by atoms with Gasteiger partial charge in [-0.1, -0.05) is 0 Å². The van der Waals surface area contributed by atoms with E-state index in [1.165, 1.54) is 19.5 Å². The van der Waals surface area contributed by atoms with E-state index < -0.39 is 5.60 Å². The molecule has 19 heavy (non-hydrogen) atoms. The van der Waals surface area contributed by atoms with Crippen molar-refractivity contribution in [2.45, 2.75) is 45.6 Å². The van der Waals surface area contributed by atoms with Gasteiger partial charge in [0.2, 0.25) is 0 Å². The van der Waals surface area contributed by atoms with Crippen molar-refractivity contribution in [3.05, 3.63) is 0 Å². The number of carbonyl (C=O) groups is 1. The molecule has 0 aromatic heterocycles. The van der Waals surface area contributed by atoms with E-state index in [4.69, 9.17) is 14.6 Å². The Balaban J connectivity index is 0.00000154. The summed E-state index contributed by atoms with van der Waals surface area (Å²) in [5.74, 6) is -0.180. The Hall–Kier alpha value is -0.650. The molecular weight excluding hydrogens is 246 g/mol. The van der Waals surface area contributed by atoms with Gasteiger partial charge < -0.3 is 19.5 Å². The number of nitrogens with zero attached hydrogens (tertiary/aromatic N) is 1. The average Bonchev–Trinajstić information content (AvgIpc) is 2.26. The standard InChI is InChI=1S/C13H25NO3.CH4O/c1-13(2,3)17-12(15)6-11-16-10-5-9-14-7-4-8-14;1-2/h4-11H2,1-3H3;2H,1H3. The molecule has 0 amide bonds. The second kappa shape index (κ2) is 10.2. The van der Waals surface area contributed by atoms with Crippen molar-refractivity contribution in [1.82, 2.24) is 4.90 Å². The van der Waals surface area contributed by atoms with E-state index in [9.17, 15) is 4.79 Å². The minimum absolute atomic E-state index is 0.180. The number of likely N-dealkylation sites (tertiary alicyclic amines) is 1. The number of esters is 1. The lowest BCUT2D eigenvalue weighted by molar-refractivity contribution is -0.156. The van der Waals surface area contributed by atoms with Gasteiger partial charge in [-0.2, -0.15) is 0 Å². The summed E-state index contributed by atoms with van der Waals surface area (Å²) in [6, 6.07) is 0. The molecule has 1 rings (SSSR count). The summed E-state index contributed by atoms with van der Waals surface area (Å²) in [6.45, 7) is 10.4. The van der Waals surface area contributed by atoms with Gasteiger partial charge in [-0.3, -0.25) is 4.79 Å². The average molecular weight is 275 g/mol. The van der Waals surface area contributed by atoms with Gasteiger partial charge in [0.1, 0.15) is 5.60 Å². The van der Waals surface area contributed by atoms with Crippen LogP contribution in [0.4, 0.5) is 0 Å². The summed E-state index contributed by atoms with van der Waals surface area (Å²) < 4.78 is 10.6. The summed E-state index contributed by atoms with van der Waals surface area (Å²) in [4.78, 5) is 13.8. The third-order valence-electron chi connectivity index (χ3n) is 2.58. The van der Waals surface area contributed by atoms with Crippen molar-refractivity contribution in [3.8, 4) is 0 Å². The lowest BCUT2D eigenvalue weighted by atomic mass is 10.2. The molecule has 1 N–H and O–H groups in total. The van der Waals surface area contributed by atoms with Crippen LogP contribution in [0.5, 0.6) is 0 Å². The van der Waals surface area contributed by atoms with Crippen molar-refractivity contribution in [2.24, 2.45) is 0 Å². The van der Waals surface area contributed by atoms with Crippen LogP contribution >= 0.6 is 0 Å². The number of aliphatic hydroxyl groups is 1. The Morgan fingerprint density at radius 3 is 2.32 bits per heavy atom. The maximum absolute atomic E-state index is 11.3. The molecule has 0 spiro atoms. The molecule has 114 valence electrons. The lowest BCUT2D eigenvalue weighted by Gasteiger charge is -2.30. The monoisotopic (exact) mass is 275 g/mol. The van der Waals surface area contributed by atoms with Crippen LogP contribution in [0.3, 0.4) is 0 Å². The van der Waals surface area contributed by atoms with Gasteiger partial charge in [-0.05, 0) is 46.7 Å². The fourth-order valence-corrected chi connectivity index (χ4v) is 1.65. The number of hydrogen-bond acceptors (Lipinski definition) is 5. The Kier molecular flexibility index (Phi) is 9.83. The first-order valence-electron chi connectivity index (χ1n) is 6.94. The fraction of sp³-hybridized carbons (Fsp3) is 0.929. The maximum Gasteiger partial charge on any atom is 0.308 e. The molecule has 1 saturated heterocycles. The first-order valence-corrected chi connectivity index (χ1v) is 6.94. The zero-order chi connectivity index (χ0) is 14.7. The van der Waals surface area contributed by atoms with Crippen molar-refractivity contribution >= 4 is 5.97 Å². The molecule has 1 aliphatic rings. The molecule has 1 aliphatic heterocycles. The number of ether oxygens (including phenoxy) is 2. The van der Waals surface area contributed by atoms with Gasteiger partial charge in [0.15, 0.2) is 0 Å². The van der Waals surface area contributed by atoms with Gasteiger partial charge >= 0.3 is 5.97 Å². The minimum atomic E-state index is -0.394. The molecule has 5 heteroatoms. The topological polar surface area (TPSA) is 59.0 Å². The highest BCUT2D eigenvalue weighted by Crippen LogP contribution is 2.08. The number of hydrogen-bond donors (Lipinski definition) is 1. The predicted octanol–water partition coefficient (Wildman–Crippen LogP) is 1.44. The molecule has 0 atom stereocenters. The first-order chi connectivity index (χ1) is 8.97. The third-order valence-corrected chi connectivity index (χ3v) is 2.58. The molecular formula is C14H29NO4. The van der Waals surface area contributed by atoms with Crippen LogP contribution in [0, 0.1) is 0 Å². The normalized spacial score (nSPS) is 15.2. The molecule has 0 saturated carbocycles. The number of aliphatic hydroxyl groups excluding tert-OH is 1.